The van der Waals surface area contributed by atoms with Crippen LogP contribution in [0.2, 0.25) is 0 Å². The van der Waals surface area contributed by atoms with E-state index in [1.807, 2.05) is 0 Å². The lowest BCUT2D eigenvalue weighted by molar-refractivity contribution is 0.535. The summed E-state index contributed by atoms with van der Waals surface area (Å²) >= 11 is 0. The van der Waals surface area contributed by atoms with Crippen molar-refractivity contribution < 1.29 is 0 Å². The van der Waals surface area contributed by atoms with Crippen LogP contribution >= 0.6 is 0 Å². The summed E-state index contributed by atoms with van der Waals surface area (Å²) in [4.78, 5) is 0. The van der Waals surface area contributed by atoms with Gasteiger partial charge in [-0.2, -0.15) is 0 Å². The smallest absolute Gasteiger partial charge is 0.0114 e. The third kappa shape index (κ3) is 0.920. The van der Waals surface area contributed by atoms with E-state index in [1.165, 1.54) is 5.57 Å². The second-order valence-electron chi connectivity index (χ2n) is 2.77. The Kier molecular flexibility index (Phi) is 1.39. The summed E-state index contributed by atoms with van der Waals surface area (Å²) in [6.45, 7) is 4.31. The van der Waals surface area contributed by atoms with Crippen LogP contribution in [0.4, 0.5) is 0 Å². The molecule has 0 aromatic carbocycles. The lowest BCUT2D eigenvalue weighted by Crippen LogP contribution is -2.30. The molecule has 0 amide bonds. The highest BCUT2D eigenvalue weighted by Crippen LogP contribution is 2.27. The molecule has 1 fully saturated rings. The van der Waals surface area contributed by atoms with Crippen molar-refractivity contribution in [3.8, 4) is 0 Å². The van der Waals surface area contributed by atoms with Gasteiger partial charge in [-0.15, -0.1) is 0 Å². The molecule has 0 saturated heterocycles. The normalized spacial score (nSPS) is 27.4. The zero-order valence-corrected chi connectivity index (χ0v) is 5.57. The first kappa shape index (κ1) is 5.83. The Balaban J connectivity index is 2.45. The van der Waals surface area contributed by atoms with Crippen molar-refractivity contribution in [1.82, 2.24) is 0 Å². The molecule has 0 atom stereocenters. The van der Waals surface area contributed by atoms with Gasteiger partial charge in [0.2, 0.25) is 0 Å². The van der Waals surface area contributed by atoms with Gasteiger partial charge in [0.15, 0.2) is 0 Å². The average Bonchev–Trinajstić information content (AvgIpc) is 1.57. The average molecular weight is 111 g/mol. The number of hydrogen-bond donors (Lipinski definition) is 1. The van der Waals surface area contributed by atoms with E-state index >= 15 is 0 Å². The summed E-state index contributed by atoms with van der Waals surface area (Å²) in [5.41, 5.74) is 8.60. The number of nitrogens with two attached hydrogens (primary N) is 1. The molecule has 1 nitrogen and oxygen atoms in total. The first-order valence-corrected chi connectivity index (χ1v) is 3.11. The maximum absolute atomic E-state index is 5.57. The zero-order chi connectivity index (χ0) is 6.15. The molecule has 1 rings (SSSR count). The van der Waals surface area contributed by atoms with Crippen LogP contribution in [-0.4, -0.2) is 6.04 Å². The van der Waals surface area contributed by atoms with Crippen molar-refractivity contribution in [2.45, 2.75) is 32.7 Å². The maximum Gasteiger partial charge on any atom is 0.0114 e. The van der Waals surface area contributed by atoms with Gasteiger partial charge in [-0.25, -0.2) is 0 Å². The third-order valence-electron chi connectivity index (χ3n) is 1.72. The van der Waals surface area contributed by atoms with Crippen LogP contribution in [0.1, 0.15) is 26.7 Å². The minimum Gasteiger partial charge on any atom is -0.327 e. The van der Waals surface area contributed by atoms with Gasteiger partial charge in [-0.3, -0.25) is 0 Å². The monoisotopic (exact) mass is 111 g/mol. The van der Waals surface area contributed by atoms with E-state index in [-0.39, 0.29) is 0 Å². The number of allylic oxidation sites excluding steroid dienone is 1. The largest absolute Gasteiger partial charge is 0.327 e. The summed E-state index contributed by atoms with van der Waals surface area (Å²) in [6.07, 6.45) is 2.28. The van der Waals surface area contributed by atoms with Crippen LogP contribution in [0.5, 0.6) is 0 Å². The van der Waals surface area contributed by atoms with E-state index in [2.05, 4.69) is 13.8 Å². The zero-order valence-electron chi connectivity index (χ0n) is 5.57. The van der Waals surface area contributed by atoms with Crippen LogP contribution in [0.3, 0.4) is 0 Å². The summed E-state index contributed by atoms with van der Waals surface area (Å²) < 4.78 is 0. The van der Waals surface area contributed by atoms with Crippen molar-refractivity contribution in [2.24, 2.45) is 5.73 Å². The van der Waals surface area contributed by atoms with Crippen LogP contribution < -0.4 is 5.73 Å². The summed E-state index contributed by atoms with van der Waals surface area (Å²) in [5.74, 6) is 0. The van der Waals surface area contributed by atoms with Crippen LogP contribution in [0.15, 0.2) is 11.1 Å². The molecule has 0 aromatic heterocycles. The highest BCUT2D eigenvalue weighted by molar-refractivity contribution is 5.20. The van der Waals surface area contributed by atoms with Gasteiger partial charge in [0.1, 0.15) is 0 Å². The van der Waals surface area contributed by atoms with Gasteiger partial charge < -0.3 is 5.73 Å². The fraction of sp³-hybridized carbons (Fsp3) is 0.714. The van der Waals surface area contributed by atoms with Gasteiger partial charge in [0.25, 0.3) is 0 Å². The molecule has 0 unspecified atom stereocenters. The topological polar surface area (TPSA) is 26.0 Å². The molecule has 1 aliphatic carbocycles. The van der Waals surface area contributed by atoms with Crippen molar-refractivity contribution in [3.05, 3.63) is 11.1 Å². The fourth-order valence-electron chi connectivity index (χ4n) is 0.981. The summed E-state index contributed by atoms with van der Waals surface area (Å²) in [7, 11) is 0. The number of rotatable bonds is 0. The summed E-state index contributed by atoms with van der Waals surface area (Å²) in [6, 6.07) is 0.472. The number of hydrogen-bond acceptors (Lipinski definition) is 1. The van der Waals surface area contributed by atoms with E-state index in [4.69, 9.17) is 5.73 Å². The van der Waals surface area contributed by atoms with Crippen LogP contribution in [-0.2, 0) is 0 Å². The van der Waals surface area contributed by atoms with E-state index < -0.39 is 0 Å². The molecule has 46 valence electrons. The predicted octanol–water partition coefficient (Wildman–Crippen LogP) is 1.44. The molecular formula is C7H13N. The Hall–Kier alpha value is -0.300. The molecule has 8 heavy (non-hydrogen) atoms. The second kappa shape index (κ2) is 1.90. The van der Waals surface area contributed by atoms with Gasteiger partial charge in [0.05, 0.1) is 0 Å². The molecule has 1 aliphatic rings. The van der Waals surface area contributed by atoms with E-state index in [1.54, 1.807) is 5.57 Å². The second-order valence-corrected chi connectivity index (χ2v) is 2.77. The fourth-order valence-corrected chi connectivity index (χ4v) is 0.981. The Morgan fingerprint density at radius 1 is 1.50 bits per heavy atom. The molecule has 0 bridgehead atoms. The Morgan fingerprint density at radius 3 is 2.12 bits per heavy atom. The molecule has 1 saturated carbocycles. The standard InChI is InChI=1S/C7H13N/c1-5(2)6-3-7(8)4-6/h7H,3-4,8H2,1-2H3. The lowest BCUT2D eigenvalue weighted by Gasteiger charge is -2.26. The first-order chi connectivity index (χ1) is 3.70. The quantitative estimate of drug-likeness (QED) is 0.470. The SMILES string of the molecule is CC(C)=C1CC(N)C1. The van der Waals surface area contributed by atoms with Crippen LogP contribution in [0, 0.1) is 0 Å². The Bertz CT molecular complexity index is 112. The van der Waals surface area contributed by atoms with E-state index in [9.17, 15) is 0 Å². The predicted molar refractivity (Wildman–Crippen MR) is 35.6 cm³/mol. The molecule has 0 aliphatic heterocycles. The maximum atomic E-state index is 5.57. The lowest BCUT2D eigenvalue weighted by atomic mass is 9.84. The molecule has 0 spiro atoms. The highest BCUT2D eigenvalue weighted by atomic mass is 14.7. The van der Waals surface area contributed by atoms with Gasteiger partial charge in [-0.05, 0) is 26.7 Å². The van der Waals surface area contributed by atoms with Gasteiger partial charge >= 0.3 is 0 Å². The van der Waals surface area contributed by atoms with Crippen molar-refractivity contribution in [3.63, 3.8) is 0 Å². The molecular weight excluding hydrogens is 98.1 g/mol. The minimum atomic E-state index is 0.472. The van der Waals surface area contributed by atoms with Crippen molar-refractivity contribution in [1.29, 1.82) is 0 Å². The molecule has 0 aromatic rings. The Morgan fingerprint density at radius 2 is 2.00 bits per heavy atom. The summed E-state index contributed by atoms with van der Waals surface area (Å²) in [5, 5.41) is 0. The molecule has 2 N–H and O–H groups in total. The van der Waals surface area contributed by atoms with Gasteiger partial charge in [0, 0.05) is 6.04 Å². The molecule has 0 radical (unpaired) electrons. The molecule has 0 heterocycles. The van der Waals surface area contributed by atoms with Crippen LogP contribution in [0.25, 0.3) is 0 Å². The van der Waals surface area contributed by atoms with Gasteiger partial charge in [-0.1, -0.05) is 11.1 Å². The minimum absolute atomic E-state index is 0.472. The molecule has 1 heteroatoms. The Labute approximate surface area is 50.6 Å². The highest BCUT2D eigenvalue weighted by Gasteiger charge is 2.18. The van der Waals surface area contributed by atoms with Crippen molar-refractivity contribution in [2.75, 3.05) is 0 Å². The van der Waals surface area contributed by atoms with E-state index in [0.29, 0.717) is 6.04 Å². The van der Waals surface area contributed by atoms with E-state index in [0.717, 1.165) is 12.8 Å². The first-order valence-electron chi connectivity index (χ1n) is 3.11. The van der Waals surface area contributed by atoms with Crippen molar-refractivity contribution >= 4 is 0 Å². The third-order valence-corrected chi connectivity index (χ3v) is 1.72.